The second-order valence-electron chi connectivity index (χ2n) is 5.65. The standard InChI is InChI=1S/C13H14O10S/c1-5(13(17)20-4-8(14)15)2-9(16)22-10-6-3-7-11(21-6)12(10)23-24(7,18)19/h6-7,10-12H,1-4H2,(H,14,15)/p-1. The van der Waals surface area contributed by atoms with Gasteiger partial charge in [0.15, 0.2) is 6.10 Å². The van der Waals surface area contributed by atoms with Gasteiger partial charge in [-0.1, -0.05) is 6.58 Å². The van der Waals surface area contributed by atoms with Crippen molar-refractivity contribution in [2.24, 2.45) is 0 Å². The smallest absolute Gasteiger partial charge is 0.334 e. The zero-order valence-corrected chi connectivity index (χ0v) is 13.0. The van der Waals surface area contributed by atoms with Crippen LogP contribution in [0.2, 0.25) is 0 Å². The molecule has 5 unspecified atom stereocenters. The first kappa shape index (κ1) is 16.9. The minimum absolute atomic E-state index is 0.177. The molecule has 3 aliphatic rings. The number of hydrogen-bond donors (Lipinski definition) is 0. The molecule has 132 valence electrons. The van der Waals surface area contributed by atoms with Crippen molar-refractivity contribution in [2.45, 2.75) is 42.5 Å². The Balaban J connectivity index is 1.54. The molecule has 0 N–H and O–H groups in total. The first-order valence-corrected chi connectivity index (χ1v) is 8.48. The Kier molecular flexibility index (Phi) is 4.10. The van der Waals surface area contributed by atoms with E-state index in [1.807, 2.05) is 0 Å². The molecule has 5 atom stereocenters. The molecular weight excluding hydrogens is 348 g/mol. The number of carboxylic acids is 1. The van der Waals surface area contributed by atoms with Crippen LogP contribution in [0.3, 0.4) is 0 Å². The van der Waals surface area contributed by atoms with Crippen molar-refractivity contribution in [3.05, 3.63) is 12.2 Å². The van der Waals surface area contributed by atoms with Gasteiger partial charge in [0.05, 0.1) is 18.5 Å². The van der Waals surface area contributed by atoms with Gasteiger partial charge in [-0.3, -0.25) is 8.98 Å². The van der Waals surface area contributed by atoms with Gasteiger partial charge in [-0.15, -0.1) is 0 Å². The summed E-state index contributed by atoms with van der Waals surface area (Å²) in [6, 6.07) is 0. The van der Waals surface area contributed by atoms with E-state index in [4.69, 9.17) is 13.7 Å². The lowest BCUT2D eigenvalue weighted by atomic mass is 9.94. The first-order chi connectivity index (χ1) is 11.2. The summed E-state index contributed by atoms with van der Waals surface area (Å²) in [5, 5.41) is 9.45. The van der Waals surface area contributed by atoms with E-state index < -0.39 is 70.7 Å². The number of carboxylic acid groups (broad SMARTS) is 1. The third kappa shape index (κ3) is 2.89. The fourth-order valence-electron chi connectivity index (χ4n) is 3.03. The third-order valence-electron chi connectivity index (χ3n) is 4.03. The molecule has 0 aromatic rings. The fourth-order valence-corrected chi connectivity index (χ4v) is 4.68. The predicted molar refractivity (Wildman–Crippen MR) is 70.5 cm³/mol. The largest absolute Gasteiger partial charge is 0.546 e. The van der Waals surface area contributed by atoms with Gasteiger partial charge in [-0.05, 0) is 6.42 Å². The number of esters is 2. The van der Waals surface area contributed by atoms with Gasteiger partial charge in [0.2, 0.25) is 0 Å². The number of rotatable bonds is 6. The van der Waals surface area contributed by atoms with E-state index in [1.54, 1.807) is 0 Å². The van der Waals surface area contributed by atoms with E-state index in [-0.39, 0.29) is 12.0 Å². The third-order valence-corrected chi connectivity index (χ3v) is 5.72. The number of hydrogen-bond acceptors (Lipinski definition) is 10. The zero-order valence-electron chi connectivity index (χ0n) is 12.2. The predicted octanol–water partition coefficient (Wildman–Crippen LogP) is -2.59. The van der Waals surface area contributed by atoms with Crippen molar-refractivity contribution in [1.29, 1.82) is 0 Å². The molecule has 3 fully saturated rings. The summed E-state index contributed by atoms with van der Waals surface area (Å²) in [4.78, 5) is 33.5. The van der Waals surface area contributed by atoms with Crippen LogP contribution in [0.1, 0.15) is 12.8 Å². The Hall–Kier alpha value is -1.98. The van der Waals surface area contributed by atoms with Gasteiger partial charge in [0.1, 0.15) is 24.1 Å². The molecule has 3 aliphatic heterocycles. The fraction of sp³-hybridized carbons (Fsp3) is 0.615. The molecule has 0 saturated carbocycles. The van der Waals surface area contributed by atoms with Gasteiger partial charge in [-0.2, -0.15) is 8.42 Å². The van der Waals surface area contributed by atoms with E-state index >= 15 is 0 Å². The van der Waals surface area contributed by atoms with E-state index in [9.17, 15) is 27.9 Å². The van der Waals surface area contributed by atoms with Crippen molar-refractivity contribution >= 4 is 28.0 Å². The molecule has 0 radical (unpaired) electrons. The lowest BCUT2D eigenvalue weighted by molar-refractivity contribution is -0.308. The number of fused-ring (bicyclic) bond motifs is 1. The Labute approximate surface area is 136 Å². The van der Waals surface area contributed by atoms with E-state index in [1.165, 1.54) is 0 Å². The zero-order chi connectivity index (χ0) is 17.6. The van der Waals surface area contributed by atoms with Crippen LogP contribution in [0.25, 0.3) is 0 Å². The van der Waals surface area contributed by atoms with E-state index in [0.717, 1.165) is 0 Å². The topological polar surface area (TPSA) is 145 Å². The summed E-state index contributed by atoms with van der Waals surface area (Å²) in [7, 11) is -3.72. The molecule has 0 aliphatic carbocycles. The monoisotopic (exact) mass is 361 g/mol. The Morgan fingerprint density at radius 3 is 2.62 bits per heavy atom. The summed E-state index contributed by atoms with van der Waals surface area (Å²) >= 11 is 0. The molecule has 3 heterocycles. The van der Waals surface area contributed by atoms with Crippen LogP contribution >= 0.6 is 0 Å². The van der Waals surface area contributed by atoms with Crippen molar-refractivity contribution in [3.63, 3.8) is 0 Å². The second-order valence-corrected chi connectivity index (χ2v) is 7.43. The SMILES string of the molecule is C=C(CC(=O)OC1C2CC3C(O2)C1OS3(=O)=O)C(=O)OCC(=O)[O-]. The highest BCUT2D eigenvalue weighted by Gasteiger charge is 2.67. The molecule has 0 amide bonds. The van der Waals surface area contributed by atoms with Crippen molar-refractivity contribution in [3.8, 4) is 0 Å². The van der Waals surface area contributed by atoms with Crippen LogP contribution in [0, 0.1) is 0 Å². The quantitative estimate of drug-likeness (QED) is 0.280. The average Bonchev–Trinajstić information content (AvgIpc) is 3.08. The lowest BCUT2D eigenvalue weighted by Gasteiger charge is -2.21. The van der Waals surface area contributed by atoms with Crippen molar-refractivity contribution in [1.82, 2.24) is 0 Å². The van der Waals surface area contributed by atoms with Crippen LogP contribution < -0.4 is 5.11 Å². The van der Waals surface area contributed by atoms with Gasteiger partial charge in [0.25, 0.3) is 10.1 Å². The molecule has 24 heavy (non-hydrogen) atoms. The van der Waals surface area contributed by atoms with Gasteiger partial charge < -0.3 is 24.1 Å². The number of aliphatic carboxylic acids is 1. The molecule has 11 heteroatoms. The summed E-state index contributed by atoms with van der Waals surface area (Å²) < 4.78 is 43.4. The number of carbonyl (C=O) groups is 3. The molecule has 10 nitrogen and oxygen atoms in total. The number of carbonyl (C=O) groups excluding carboxylic acids is 3. The summed E-state index contributed by atoms with van der Waals surface area (Å²) in [5.41, 5.74) is -0.303. The molecule has 0 aromatic carbocycles. The Morgan fingerprint density at radius 1 is 1.25 bits per heavy atom. The maximum Gasteiger partial charge on any atom is 0.334 e. The van der Waals surface area contributed by atoms with Crippen molar-refractivity contribution < 1.29 is 46.3 Å². The normalized spacial score (nSPS) is 34.8. The molecular formula is C13H13O10S-. The van der Waals surface area contributed by atoms with Crippen LogP contribution in [-0.2, 0) is 42.9 Å². The minimum Gasteiger partial charge on any atom is -0.546 e. The van der Waals surface area contributed by atoms with Crippen molar-refractivity contribution in [2.75, 3.05) is 6.61 Å². The second kappa shape index (κ2) is 5.83. The molecule has 2 bridgehead atoms. The van der Waals surface area contributed by atoms with Crippen LogP contribution in [-0.4, -0.2) is 62.6 Å². The highest BCUT2D eigenvalue weighted by molar-refractivity contribution is 7.87. The average molecular weight is 361 g/mol. The minimum atomic E-state index is -3.72. The highest BCUT2D eigenvalue weighted by Crippen LogP contribution is 2.47. The summed E-state index contributed by atoms with van der Waals surface area (Å²) in [6.07, 6.45) is -3.37. The maximum absolute atomic E-state index is 11.9. The molecule has 0 spiro atoms. The van der Waals surface area contributed by atoms with E-state index in [2.05, 4.69) is 11.3 Å². The van der Waals surface area contributed by atoms with Crippen LogP contribution in [0.15, 0.2) is 12.2 Å². The lowest BCUT2D eigenvalue weighted by Crippen LogP contribution is -2.41. The van der Waals surface area contributed by atoms with Gasteiger partial charge >= 0.3 is 11.9 Å². The summed E-state index contributed by atoms with van der Waals surface area (Å²) in [5.74, 6) is -3.51. The van der Waals surface area contributed by atoms with Gasteiger partial charge in [-0.25, -0.2) is 4.79 Å². The number of ether oxygens (including phenoxy) is 3. The molecule has 3 rings (SSSR count). The van der Waals surface area contributed by atoms with Crippen LogP contribution in [0.4, 0.5) is 0 Å². The first-order valence-electron chi connectivity index (χ1n) is 7.01. The Morgan fingerprint density at radius 2 is 1.96 bits per heavy atom. The Bertz CT molecular complexity index is 710. The van der Waals surface area contributed by atoms with Gasteiger partial charge in [0, 0.05) is 5.57 Å². The molecule has 0 aromatic heterocycles. The maximum atomic E-state index is 11.9. The highest BCUT2D eigenvalue weighted by atomic mass is 32.2. The van der Waals surface area contributed by atoms with Crippen LogP contribution in [0.5, 0.6) is 0 Å². The van der Waals surface area contributed by atoms with E-state index in [0.29, 0.717) is 0 Å². The molecule has 3 saturated heterocycles. The summed E-state index contributed by atoms with van der Waals surface area (Å²) in [6.45, 7) is 2.36.